The minimum absolute atomic E-state index is 0.413. The Morgan fingerprint density at radius 2 is 2.19 bits per heavy atom. The van der Waals surface area contributed by atoms with Crippen LogP contribution < -0.4 is 5.32 Å². The zero-order valence-electron chi connectivity index (χ0n) is 9.33. The molecule has 0 amide bonds. The van der Waals surface area contributed by atoms with Crippen molar-refractivity contribution < 1.29 is 0 Å². The Hall–Kier alpha value is -1.82. The van der Waals surface area contributed by atoms with E-state index in [0.717, 1.165) is 11.6 Å². The molecule has 1 N–H and O–H groups in total. The highest BCUT2D eigenvalue weighted by atomic mass is 15.4. The molecule has 84 valence electrons. The lowest BCUT2D eigenvalue weighted by molar-refractivity contribution is 0.561. The molecule has 0 saturated heterocycles. The molecule has 2 aromatic rings. The van der Waals surface area contributed by atoms with Gasteiger partial charge in [-0.2, -0.15) is 9.78 Å². The van der Waals surface area contributed by atoms with Crippen molar-refractivity contribution in [3.8, 4) is 5.82 Å². The van der Waals surface area contributed by atoms with Crippen LogP contribution in [0.15, 0.2) is 24.9 Å². The van der Waals surface area contributed by atoms with E-state index in [1.165, 1.54) is 12.7 Å². The first-order chi connectivity index (χ1) is 7.77. The summed E-state index contributed by atoms with van der Waals surface area (Å²) < 4.78 is 1.71. The van der Waals surface area contributed by atoms with E-state index in [1.54, 1.807) is 16.9 Å². The fourth-order valence-corrected chi connectivity index (χ4v) is 1.28. The molecule has 0 fully saturated rings. The average molecular weight is 218 g/mol. The third-order valence-corrected chi connectivity index (χ3v) is 2.07. The average Bonchev–Trinajstić information content (AvgIpc) is 2.75. The Morgan fingerprint density at radius 1 is 1.31 bits per heavy atom. The molecule has 2 aromatic heterocycles. The highest BCUT2D eigenvalue weighted by molar-refractivity contribution is 5.18. The lowest BCUT2D eigenvalue weighted by Gasteiger charge is -2.08. The molecular formula is C10H14N6. The van der Waals surface area contributed by atoms with Gasteiger partial charge in [-0.1, -0.05) is 13.8 Å². The highest BCUT2D eigenvalue weighted by Gasteiger charge is 2.07. The molecule has 0 radical (unpaired) electrons. The molecule has 0 unspecified atom stereocenters. The van der Waals surface area contributed by atoms with Crippen molar-refractivity contribution in [1.29, 1.82) is 0 Å². The fraction of sp³-hybridized carbons (Fsp3) is 0.400. The summed E-state index contributed by atoms with van der Waals surface area (Å²) >= 11 is 0. The lowest BCUT2D eigenvalue weighted by atomic mass is 10.4. The van der Waals surface area contributed by atoms with Crippen LogP contribution >= 0.6 is 0 Å². The van der Waals surface area contributed by atoms with Crippen molar-refractivity contribution in [2.75, 3.05) is 0 Å². The van der Waals surface area contributed by atoms with E-state index < -0.39 is 0 Å². The third-order valence-electron chi connectivity index (χ3n) is 2.07. The summed E-state index contributed by atoms with van der Waals surface area (Å²) in [5, 5.41) is 7.43. The largest absolute Gasteiger partial charge is 0.308 e. The van der Waals surface area contributed by atoms with Gasteiger partial charge in [0.05, 0.1) is 6.54 Å². The van der Waals surface area contributed by atoms with Crippen molar-refractivity contribution in [3.63, 3.8) is 0 Å². The normalized spacial score (nSPS) is 10.9. The second kappa shape index (κ2) is 4.80. The minimum Gasteiger partial charge on any atom is -0.308 e. The van der Waals surface area contributed by atoms with Gasteiger partial charge < -0.3 is 5.32 Å². The van der Waals surface area contributed by atoms with Gasteiger partial charge in [0.2, 0.25) is 0 Å². The van der Waals surface area contributed by atoms with Crippen LogP contribution in [0.2, 0.25) is 0 Å². The SMILES string of the molecule is CC(C)NCc1ncnn1-c1ccncn1. The third kappa shape index (κ3) is 2.40. The monoisotopic (exact) mass is 218 g/mol. The van der Waals surface area contributed by atoms with E-state index in [1.807, 2.05) is 0 Å². The number of hydrogen-bond donors (Lipinski definition) is 1. The maximum absolute atomic E-state index is 4.19. The first-order valence-electron chi connectivity index (χ1n) is 5.16. The summed E-state index contributed by atoms with van der Waals surface area (Å²) in [5.41, 5.74) is 0. The number of hydrogen-bond acceptors (Lipinski definition) is 5. The highest BCUT2D eigenvalue weighted by Crippen LogP contribution is 2.03. The Bertz CT molecular complexity index is 436. The van der Waals surface area contributed by atoms with E-state index in [0.29, 0.717) is 12.6 Å². The minimum atomic E-state index is 0.413. The predicted molar refractivity (Wildman–Crippen MR) is 58.9 cm³/mol. The second-order valence-electron chi connectivity index (χ2n) is 3.69. The van der Waals surface area contributed by atoms with Crippen LogP contribution in [0, 0.1) is 0 Å². The molecule has 0 aliphatic rings. The first-order valence-corrected chi connectivity index (χ1v) is 5.16. The van der Waals surface area contributed by atoms with Gasteiger partial charge in [-0.3, -0.25) is 0 Å². The smallest absolute Gasteiger partial charge is 0.158 e. The van der Waals surface area contributed by atoms with Gasteiger partial charge in [0.25, 0.3) is 0 Å². The van der Waals surface area contributed by atoms with Gasteiger partial charge in [0.1, 0.15) is 18.5 Å². The van der Waals surface area contributed by atoms with Crippen LogP contribution in [0.5, 0.6) is 0 Å². The molecular weight excluding hydrogens is 204 g/mol. The molecule has 0 spiro atoms. The Balaban J connectivity index is 2.19. The Labute approximate surface area is 93.8 Å². The van der Waals surface area contributed by atoms with E-state index in [2.05, 4.69) is 39.2 Å². The van der Waals surface area contributed by atoms with Crippen LogP contribution in [0.4, 0.5) is 0 Å². The molecule has 0 aliphatic carbocycles. The molecule has 0 saturated carbocycles. The van der Waals surface area contributed by atoms with Crippen molar-refractivity contribution in [3.05, 3.63) is 30.7 Å². The Kier molecular flexibility index (Phi) is 3.21. The van der Waals surface area contributed by atoms with Gasteiger partial charge in [-0.05, 0) is 0 Å². The van der Waals surface area contributed by atoms with Crippen molar-refractivity contribution in [2.24, 2.45) is 0 Å². The summed E-state index contributed by atoms with van der Waals surface area (Å²) in [7, 11) is 0. The van der Waals surface area contributed by atoms with Gasteiger partial charge >= 0.3 is 0 Å². The predicted octanol–water partition coefficient (Wildman–Crippen LogP) is 0.555. The Morgan fingerprint density at radius 3 is 2.88 bits per heavy atom. The second-order valence-corrected chi connectivity index (χ2v) is 3.69. The van der Waals surface area contributed by atoms with Crippen LogP contribution in [0.1, 0.15) is 19.7 Å². The van der Waals surface area contributed by atoms with Gasteiger partial charge in [0.15, 0.2) is 5.82 Å². The van der Waals surface area contributed by atoms with E-state index in [9.17, 15) is 0 Å². The van der Waals surface area contributed by atoms with Crippen LogP contribution in [-0.2, 0) is 6.54 Å². The summed E-state index contributed by atoms with van der Waals surface area (Å²) in [6.45, 7) is 4.85. The molecule has 6 nitrogen and oxygen atoms in total. The topological polar surface area (TPSA) is 68.5 Å². The van der Waals surface area contributed by atoms with E-state index in [4.69, 9.17) is 0 Å². The fourth-order valence-electron chi connectivity index (χ4n) is 1.28. The first kappa shape index (κ1) is 10.7. The number of aromatic nitrogens is 5. The molecule has 6 heteroatoms. The van der Waals surface area contributed by atoms with Gasteiger partial charge in [-0.25, -0.2) is 15.0 Å². The number of rotatable bonds is 4. The number of nitrogens with zero attached hydrogens (tertiary/aromatic N) is 5. The molecule has 2 rings (SSSR count). The zero-order valence-corrected chi connectivity index (χ0v) is 9.33. The number of nitrogens with one attached hydrogen (secondary N) is 1. The summed E-state index contributed by atoms with van der Waals surface area (Å²) in [4.78, 5) is 12.2. The summed E-state index contributed by atoms with van der Waals surface area (Å²) in [6, 6.07) is 2.21. The van der Waals surface area contributed by atoms with E-state index >= 15 is 0 Å². The van der Waals surface area contributed by atoms with Crippen LogP contribution in [0.25, 0.3) is 5.82 Å². The van der Waals surface area contributed by atoms with Gasteiger partial charge in [-0.15, -0.1) is 0 Å². The maximum atomic E-state index is 4.19. The van der Waals surface area contributed by atoms with Crippen LogP contribution in [-0.4, -0.2) is 30.8 Å². The molecule has 0 atom stereocenters. The molecule has 0 bridgehead atoms. The standard InChI is InChI=1S/C10H14N6/c1-8(2)12-5-10-14-7-15-16(10)9-3-4-11-6-13-9/h3-4,6-8,12H,5H2,1-2H3. The van der Waals surface area contributed by atoms with Crippen molar-refractivity contribution in [2.45, 2.75) is 26.4 Å². The molecule has 2 heterocycles. The zero-order chi connectivity index (χ0) is 11.4. The van der Waals surface area contributed by atoms with Crippen molar-refractivity contribution >= 4 is 0 Å². The van der Waals surface area contributed by atoms with Crippen molar-refractivity contribution in [1.82, 2.24) is 30.0 Å². The lowest BCUT2D eigenvalue weighted by Crippen LogP contribution is -2.24. The molecule has 0 aromatic carbocycles. The molecule has 16 heavy (non-hydrogen) atoms. The summed E-state index contributed by atoms with van der Waals surface area (Å²) in [6.07, 6.45) is 4.71. The summed E-state index contributed by atoms with van der Waals surface area (Å²) in [5.74, 6) is 1.57. The van der Waals surface area contributed by atoms with E-state index in [-0.39, 0.29) is 0 Å². The van der Waals surface area contributed by atoms with Crippen LogP contribution in [0.3, 0.4) is 0 Å². The van der Waals surface area contributed by atoms with Gasteiger partial charge in [0, 0.05) is 18.3 Å². The molecule has 0 aliphatic heterocycles. The maximum Gasteiger partial charge on any atom is 0.158 e. The quantitative estimate of drug-likeness (QED) is 0.811.